The molecular weight excluding hydrogens is 310 g/mol. The highest BCUT2D eigenvalue weighted by atomic mass is 35.5. The van der Waals surface area contributed by atoms with Gasteiger partial charge in [-0.15, -0.1) is 0 Å². The monoisotopic (exact) mass is 327 g/mol. The molecule has 1 aliphatic carbocycles. The number of allylic oxidation sites excluding steroid dienone is 1. The number of hydrogen-bond donors (Lipinski definition) is 0. The summed E-state index contributed by atoms with van der Waals surface area (Å²) in [5.41, 5.74) is 4.46. The van der Waals surface area contributed by atoms with E-state index in [4.69, 9.17) is 11.6 Å². The summed E-state index contributed by atoms with van der Waals surface area (Å²) >= 11 is 6.03. The van der Waals surface area contributed by atoms with Gasteiger partial charge in [0.15, 0.2) is 5.78 Å². The summed E-state index contributed by atoms with van der Waals surface area (Å²) in [7, 11) is 1.77. The van der Waals surface area contributed by atoms with Gasteiger partial charge in [0, 0.05) is 29.7 Å². The van der Waals surface area contributed by atoms with E-state index in [-0.39, 0.29) is 11.3 Å². The molecule has 0 radical (unpaired) electrons. The molecule has 0 fully saturated rings. The van der Waals surface area contributed by atoms with Crippen molar-refractivity contribution < 1.29 is 4.79 Å². The van der Waals surface area contributed by atoms with Gasteiger partial charge in [-0.1, -0.05) is 23.7 Å². The SMILES string of the molecule is Cc1ccc(CCC2=Cc3cc(Cl)ccc3CC2=O)c(=O)n1C. The molecule has 1 aromatic heterocycles. The molecule has 0 saturated heterocycles. The Balaban J connectivity index is 1.85. The number of hydrogen-bond acceptors (Lipinski definition) is 2. The molecule has 0 unspecified atom stereocenters. The number of rotatable bonds is 3. The second kappa shape index (κ2) is 6.17. The molecule has 1 heterocycles. The summed E-state index contributed by atoms with van der Waals surface area (Å²) in [5, 5.41) is 0.668. The summed E-state index contributed by atoms with van der Waals surface area (Å²) in [6, 6.07) is 9.38. The van der Waals surface area contributed by atoms with Gasteiger partial charge in [0.25, 0.3) is 5.56 Å². The third kappa shape index (κ3) is 3.15. The van der Waals surface area contributed by atoms with E-state index in [1.807, 2.05) is 43.3 Å². The van der Waals surface area contributed by atoms with Crippen LogP contribution in [0.5, 0.6) is 0 Å². The van der Waals surface area contributed by atoms with Crippen LogP contribution in [-0.2, 0) is 24.7 Å². The lowest BCUT2D eigenvalue weighted by molar-refractivity contribution is -0.115. The van der Waals surface area contributed by atoms with Crippen molar-refractivity contribution in [1.29, 1.82) is 0 Å². The number of Topliss-reactive ketones (excluding diaryl/α,β-unsaturated/α-hetero) is 1. The Hall–Kier alpha value is -2.13. The van der Waals surface area contributed by atoms with Gasteiger partial charge >= 0.3 is 0 Å². The fourth-order valence-corrected chi connectivity index (χ4v) is 3.05. The zero-order chi connectivity index (χ0) is 16.6. The summed E-state index contributed by atoms with van der Waals surface area (Å²) < 4.78 is 1.64. The van der Waals surface area contributed by atoms with Crippen molar-refractivity contribution >= 4 is 23.5 Å². The van der Waals surface area contributed by atoms with Crippen LogP contribution in [-0.4, -0.2) is 10.4 Å². The second-order valence-corrected chi connectivity index (χ2v) is 6.41. The van der Waals surface area contributed by atoms with Gasteiger partial charge in [0.1, 0.15) is 0 Å². The number of benzene rings is 1. The van der Waals surface area contributed by atoms with Gasteiger partial charge in [-0.05, 0) is 60.7 Å². The lowest BCUT2D eigenvalue weighted by Gasteiger charge is -2.16. The molecule has 118 valence electrons. The summed E-state index contributed by atoms with van der Waals surface area (Å²) in [6.45, 7) is 1.90. The van der Waals surface area contributed by atoms with Gasteiger partial charge in [-0.2, -0.15) is 0 Å². The highest BCUT2D eigenvalue weighted by molar-refractivity contribution is 6.30. The molecule has 0 spiro atoms. The molecule has 0 atom stereocenters. The first-order valence-electron chi connectivity index (χ1n) is 7.63. The van der Waals surface area contributed by atoms with E-state index in [0.29, 0.717) is 24.3 Å². The number of carbonyl (C=O) groups is 1. The van der Waals surface area contributed by atoms with Gasteiger partial charge < -0.3 is 4.57 Å². The van der Waals surface area contributed by atoms with Crippen molar-refractivity contribution in [2.45, 2.75) is 26.2 Å². The van der Waals surface area contributed by atoms with E-state index in [9.17, 15) is 9.59 Å². The molecule has 23 heavy (non-hydrogen) atoms. The summed E-state index contributed by atoms with van der Waals surface area (Å²) in [6.07, 6.45) is 3.46. The molecule has 1 aliphatic rings. The standard InChI is InChI=1S/C19H18ClNO2/c1-12-3-4-13(19(23)21(12)2)5-6-15-9-16-10-17(20)8-7-14(16)11-18(15)22/h3-4,7-10H,5-6,11H2,1-2H3. The van der Waals surface area contributed by atoms with E-state index >= 15 is 0 Å². The normalized spacial score (nSPS) is 13.7. The van der Waals surface area contributed by atoms with Crippen LogP contribution in [0.4, 0.5) is 0 Å². The third-order valence-electron chi connectivity index (χ3n) is 4.44. The highest BCUT2D eigenvalue weighted by Crippen LogP contribution is 2.26. The number of aromatic nitrogens is 1. The molecule has 0 bridgehead atoms. The van der Waals surface area contributed by atoms with Gasteiger partial charge in [-0.25, -0.2) is 0 Å². The first-order valence-corrected chi connectivity index (χ1v) is 8.01. The summed E-state index contributed by atoms with van der Waals surface area (Å²) in [5.74, 6) is 0.128. The Kier molecular flexibility index (Phi) is 4.22. The van der Waals surface area contributed by atoms with Crippen molar-refractivity contribution in [3.63, 3.8) is 0 Å². The minimum Gasteiger partial charge on any atom is -0.316 e. The molecule has 0 N–H and O–H groups in total. The molecule has 3 nitrogen and oxygen atoms in total. The molecule has 2 aromatic rings. The van der Waals surface area contributed by atoms with E-state index in [0.717, 1.165) is 28.0 Å². The maximum atomic E-state index is 12.3. The van der Waals surface area contributed by atoms with Crippen molar-refractivity contribution in [3.8, 4) is 0 Å². The van der Waals surface area contributed by atoms with Gasteiger partial charge in [-0.3, -0.25) is 9.59 Å². The Morgan fingerprint density at radius 2 is 1.91 bits per heavy atom. The van der Waals surface area contributed by atoms with Crippen molar-refractivity contribution in [1.82, 2.24) is 4.57 Å². The zero-order valence-corrected chi connectivity index (χ0v) is 14.0. The molecule has 3 rings (SSSR count). The van der Waals surface area contributed by atoms with Crippen LogP contribution < -0.4 is 5.56 Å². The minimum atomic E-state index is 0.0114. The number of aryl methyl sites for hydroxylation is 2. The predicted octanol–water partition coefficient (Wildman–Crippen LogP) is 3.49. The second-order valence-electron chi connectivity index (χ2n) is 5.98. The van der Waals surface area contributed by atoms with E-state index in [2.05, 4.69) is 0 Å². The first kappa shape index (κ1) is 15.8. The fraction of sp³-hybridized carbons (Fsp3) is 0.263. The van der Waals surface area contributed by atoms with Crippen molar-refractivity contribution in [2.24, 2.45) is 7.05 Å². The Morgan fingerprint density at radius 3 is 2.70 bits per heavy atom. The fourth-order valence-electron chi connectivity index (χ4n) is 2.87. The molecule has 0 amide bonds. The largest absolute Gasteiger partial charge is 0.316 e. The molecule has 1 aromatic carbocycles. The minimum absolute atomic E-state index is 0.0114. The molecule has 4 heteroatoms. The van der Waals surface area contributed by atoms with Crippen LogP contribution in [0.1, 0.15) is 28.8 Å². The number of nitrogens with zero attached hydrogens (tertiary/aromatic N) is 1. The first-order chi connectivity index (χ1) is 11.0. The molecule has 0 aliphatic heterocycles. The van der Waals surface area contributed by atoms with Crippen LogP contribution in [0.25, 0.3) is 6.08 Å². The Labute approximate surface area is 140 Å². The third-order valence-corrected chi connectivity index (χ3v) is 4.68. The van der Waals surface area contributed by atoms with Crippen LogP contribution in [0.15, 0.2) is 40.7 Å². The lowest BCUT2D eigenvalue weighted by Crippen LogP contribution is -2.23. The zero-order valence-electron chi connectivity index (χ0n) is 13.2. The van der Waals surface area contributed by atoms with Crippen molar-refractivity contribution in [3.05, 3.63) is 73.7 Å². The number of fused-ring (bicyclic) bond motifs is 1. The van der Waals surface area contributed by atoms with E-state index in [1.54, 1.807) is 11.6 Å². The average molecular weight is 328 g/mol. The van der Waals surface area contributed by atoms with Gasteiger partial charge in [0.2, 0.25) is 0 Å². The summed E-state index contributed by atoms with van der Waals surface area (Å²) in [4.78, 5) is 24.5. The Morgan fingerprint density at radius 1 is 1.13 bits per heavy atom. The number of pyridine rings is 1. The van der Waals surface area contributed by atoms with Crippen LogP contribution in [0.2, 0.25) is 5.02 Å². The quantitative estimate of drug-likeness (QED) is 0.865. The average Bonchev–Trinajstić information content (AvgIpc) is 2.52. The number of ketones is 1. The van der Waals surface area contributed by atoms with Crippen molar-refractivity contribution in [2.75, 3.05) is 0 Å². The molecule has 0 saturated carbocycles. The smallest absolute Gasteiger partial charge is 0.253 e. The topological polar surface area (TPSA) is 39.1 Å². The van der Waals surface area contributed by atoms with Crippen LogP contribution in [0.3, 0.4) is 0 Å². The maximum absolute atomic E-state index is 12.3. The van der Waals surface area contributed by atoms with E-state index in [1.165, 1.54) is 0 Å². The van der Waals surface area contributed by atoms with Crippen LogP contribution in [0, 0.1) is 6.92 Å². The molecular formula is C19H18ClNO2. The Bertz CT molecular complexity index is 877. The maximum Gasteiger partial charge on any atom is 0.253 e. The number of carbonyl (C=O) groups excluding carboxylic acids is 1. The highest BCUT2D eigenvalue weighted by Gasteiger charge is 2.19. The lowest BCUT2D eigenvalue weighted by atomic mass is 9.88. The van der Waals surface area contributed by atoms with E-state index < -0.39 is 0 Å². The predicted molar refractivity (Wildman–Crippen MR) is 92.9 cm³/mol. The number of halogens is 1. The van der Waals surface area contributed by atoms with Gasteiger partial charge in [0.05, 0.1) is 0 Å². The van der Waals surface area contributed by atoms with Crippen LogP contribution >= 0.6 is 11.6 Å².